The molecular weight excluding hydrogens is 392 g/mol. The fourth-order valence-corrected chi connectivity index (χ4v) is 3.11. The van der Waals surface area contributed by atoms with E-state index in [9.17, 15) is 9.59 Å². The molecule has 1 amide bonds. The minimum atomic E-state index is -0.917. The van der Waals surface area contributed by atoms with Crippen molar-refractivity contribution in [3.8, 4) is 11.4 Å². The van der Waals surface area contributed by atoms with E-state index in [1.165, 1.54) is 18.3 Å². The molecule has 3 rings (SSSR count). The van der Waals surface area contributed by atoms with Crippen molar-refractivity contribution in [3.63, 3.8) is 0 Å². The summed E-state index contributed by atoms with van der Waals surface area (Å²) >= 11 is 1.54. The number of ether oxygens (including phenoxy) is 1. The van der Waals surface area contributed by atoms with Gasteiger partial charge in [0.05, 0.1) is 6.42 Å². The van der Waals surface area contributed by atoms with E-state index in [-0.39, 0.29) is 12.8 Å². The Hall–Kier alpha value is -3.20. The molecule has 1 N–H and O–H groups in total. The zero-order valence-electron chi connectivity index (χ0n) is 16.4. The summed E-state index contributed by atoms with van der Waals surface area (Å²) in [5.74, 6) is -0.0664. The molecule has 0 spiro atoms. The van der Waals surface area contributed by atoms with Crippen molar-refractivity contribution in [1.82, 2.24) is 10.1 Å². The maximum absolute atomic E-state index is 12.2. The number of benzene rings is 1. The number of aryl methyl sites for hydroxylation is 1. The molecule has 1 atom stereocenters. The molecule has 152 valence electrons. The first-order chi connectivity index (χ1) is 13.9. The van der Waals surface area contributed by atoms with Crippen LogP contribution >= 0.6 is 11.3 Å². The quantitative estimate of drug-likeness (QED) is 0.564. The number of carbonyl (C=O) groups is 2. The Morgan fingerprint density at radius 1 is 1.24 bits per heavy atom. The number of carbonyl (C=O) groups excluding carboxylic acids is 2. The molecular formula is C20H22N4O4S. The lowest BCUT2D eigenvalue weighted by molar-refractivity contribution is -0.153. The summed E-state index contributed by atoms with van der Waals surface area (Å²) in [4.78, 5) is 30.5. The molecule has 8 nitrogen and oxygen atoms in total. The van der Waals surface area contributed by atoms with Crippen LogP contribution in [-0.2, 0) is 20.7 Å². The molecule has 2 heterocycles. The standard InChI is InChI=1S/C20H22N4O4S/c1-13(20(26)21-15-4-6-16(7-5-15)24(2)3)27-18(25)9-8-17-22-19(23-28-17)14-10-11-29-12-14/h4-7,10-13H,8-9H2,1-3H3,(H,21,26). The van der Waals surface area contributed by atoms with E-state index in [1.54, 1.807) is 12.1 Å². The topological polar surface area (TPSA) is 97.6 Å². The molecule has 9 heteroatoms. The lowest BCUT2D eigenvalue weighted by Crippen LogP contribution is -2.30. The number of thiophene rings is 1. The van der Waals surface area contributed by atoms with Gasteiger partial charge in [-0.1, -0.05) is 5.16 Å². The normalized spacial score (nSPS) is 11.7. The maximum Gasteiger partial charge on any atom is 0.307 e. The number of rotatable bonds is 8. The SMILES string of the molecule is CC(OC(=O)CCc1nc(-c2ccsc2)no1)C(=O)Nc1ccc(N(C)C)cc1. The predicted molar refractivity (Wildman–Crippen MR) is 111 cm³/mol. The van der Waals surface area contributed by atoms with Crippen molar-refractivity contribution in [1.29, 1.82) is 0 Å². The first kappa shape index (κ1) is 20.5. The Kier molecular flexibility index (Phi) is 6.61. The van der Waals surface area contributed by atoms with Crippen LogP contribution in [0.3, 0.4) is 0 Å². The lowest BCUT2D eigenvalue weighted by atomic mass is 10.2. The number of esters is 1. The monoisotopic (exact) mass is 414 g/mol. The van der Waals surface area contributed by atoms with Crippen molar-refractivity contribution in [2.24, 2.45) is 0 Å². The maximum atomic E-state index is 12.2. The van der Waals surface area contributed by atoms with Crippen molar-refractivity contribution >= 4 is 34.6 Å². The van der Waals surface area contributed by atoms with Crippen molar-refractivity contribution < 1.29 is 18.8 Å². The highest BCUT2D eigenvalue weighted by Crippen LogP contribution is 2.19. The van der Waals surface area contributed by atoms with Crippen LogP contribution in [0, 0.1) is 0 Å². The molecule has 0 aliphatic carbocycles. The van der Waals surface area contributed by atoms with E-state index in [0.717, 1.165) is 11.3 Å². The number of anilines is 2. The van der Waals surface area contributed by atoms with E-state index in [1.807, 2.05) is 48.0 Å². The summed E-state index contributed by atoms with van der Waals surface area (Å²) in [5.41, 5.74) is 2.53. The molecule has 29 heavy (non-hydrogen) atoms. The third-order valence-electron chi connectivity index (χ3n) is 4.12. The van der Waals surface area contributed by atoms with Gasteiger partial charge in [0.25, 0.3) is 5.91 Å². The van der Waals surface area contributed by atoms with Gasteiger partial charge in [0.2, 0.25) is 11.7 Å². The predicted octanol–water partition coefficient (Wildman–Crippen LogP) is 3.37. The van der Waals surface area contributed by atoms with Gasteiger partial charge in [0.15, 0.2) is 6.10 Å². The summed E-state index contributed by atoms with van der Waals surface area (Å²) in [6.07, 6.45) is -0.628. The number of hydrogen-bond donors (Lipinski definition) is 1. The highest BCUT2D eigenvalue weighted by molar-refractivity contribution is 7.08. The second kappa shape index (κ2) is 9.33. The zero-order valence-corrected chi connectivity index (χ0v) is 17.2. The van der Waals surface area contributed by atoms with Crippen molar-refractivity contribution in [3.05, 3.63) is 47.0 Å². The Morgan fingerprint density at radius 2 is 2.00 bits per heavy atom. The third kappa shape index (κ3) is 5.64. The van der Waals surface area contributed by atoms with Crippen LogP contribution in [0.1, 0.15) is 19.2 Å². The number of hydrogen-bond acceptors (Lipinski definition) is 8. The van der Waals surface area contributed by atoms with Crippen LogP contribution in [0.15, 0.2) is 45.6 Å². The second-order valence-corrected chi connectivity index (χ2v) is 7.37. The average molecular weight is 414 g/mol. The molecule has 3 aromatic rings. The van der Waals surface area contributed by atoms with Crippen molar-refractivity contribution in [2.45, 2.75) is 25.9 Å². The Balaban J connectivity index is 1.45. The van der Waals surface area contributed by atoms with E-state index < -0.39 is 18.0 Å². The van der Waals surface area contributed by atoms with Crippen LogP contribution in [0.5, 0.6) is 0 Å². The molecule has 0 aliphatic rings. The van der Waals surface area contributed by atoms with E-state index >= 15 is 0 Å². The number of nitrogens with zero attached hydrogens (tertiary/aromatic N) is 3. The molecule has 2 aromatic heterocycles. The Labute approximate surface area is 172 Å². The van der Waals surface area contributed by atoms with Crippen LogP contribution in [0.2, 0.25) is 0 Å². The molecule has 0 saturated carbocycles. The molecule has 1 aromatic carbocycles. The minimum absolute atomic E-state index is 0.0421. The highest BCUT2D eigenvalue weighted by atomic mass is 32.1. The van der Waals surface area contributed by atoms with Gasteiger partial charge in [-0.05, 0) is 42.6 Å². The van der Waals surface area contributed by atoms with Crippen LogP contribution in [0.25, 0.3) is 11.4 Å². The fourth-order valence-electron chi connectivity index (χ4n) is 2.47. The second-order valence-electron chi connectivity index (χ2n) is 6.59. The average Bonchev–Trinajstić information content (AvgIpc) is 3.38. The van der Waals surface area contributed by atoms with Gasteiger partial charge in [-0.15, -0.1) is 0 Å². The first-order valence-electron chi connectivity index (χ1n) is 9.05. The molecule has 0 saturated heterocycles. The molecule has 0 radical (unpaired) electrons. The van der Waals surface area contributed by atoms with Gasteiger partial charge in [0, 0.05) is 42.8 Å². The van der Waals surface area contributed by atoms with Crippen LogP contribution in [-0.4, -0.2) is 42.2 Å². The highest BCUT2D eigenvalue weighted by Gasteiger charge is 2.19. The summed E-state index contributed by atoms with van der Waals surface area (Å²) in [6.45, 7) is 1.53. The number of amides is 1. The minimum Gasteiger partial charge on any atom is -0.453 e. The smallest absolute Gasteiger partial charge is 0.307 e. The largest absolute Gasteiger partial charge is 0.453 e. The van der Waals surface area contributed by atoms with E-state index in [4.69, 9.17) is 9.26 Å². The van der Waals surface area contributed by atoms with Gasteiger partial charge in [-0.3, -0.25) is 9.59 Å². The molecule has 0 fully saturated rings. The van der Waals surface area contributed by atoms with Gasteiger partial charge >= 0.3 is 5.97 Å². The first-order valence-corrected chi connectivity index (χ1v) is 9.99. The van der Waals surface area contributed by atoms with Gasteiger partial charge in [-0.25, -0.2) is 0 Å². The molecule has 1 unspecified atom stereocenters. The van der Waals surface area contributed by atoms with Crippen LogP contribution in [0.4, 0.5) is 11.4 Å². The van der Waals surface area contributed by atoms with Crippen molar-refractivity contribution in [2.75, 3.05) is 24.3 Å². The zero-order chi connectivity index (χ0) is 20.8. The molecule has 0 aliphatic heterocycles. The Morgan fingerprint density at radius 3 is 2.66 bits per heavy atom. The number of aromatic nitrogens is 2. The van der Waals surface area contributed by atoms with Crippen LogP contribution < -0.4 is 10.2 Å². The number of nitrogens with one attached hydrogen (secondary N) is 1. The third-order valence-corrected chi connectivity index (χ3v) is 4.80. The summed E-state index contributed by atoms with van der Waals surface area (Å²) < 4.78 is 10.3. The summed E-state index contributed by atoms with van der Waals surface area (Å²) in [5, 5.41) is 10.5. The van der Waals surface area contributed by atoms with Gasteiger partial charge < -0.3 is 19.5 Å². The van der Waals surface area contributed by atoms with E-state index in [0.29, 0.717) is 17.4 Å². The molecule has 0 bridgehead atoms. The van der Waals surface area contributed by atoms with Gasteiger partial charge in [-0.2, -0.15) is 16.3 Å². The van der Waals surface area contributed by atoms with Gasteiger partial charge in [0.1, 0.15) is 0 Å². The Bertz CT molecular complexity index is 951. The fraction of sp³-hybridized carbons (Fsp3) is 0.300. The van der Waals surface area contributed by atoms with E-state index in [2.05, 4.69) is 15.5 Å². The summed E-state index contributed by atoms with van der Waals surface area (Å²) in [7, 11) is 3.87. The summed E-state index contributed by atoms with van der Waals surface area (Å²) in [6, 6.07) is 9.26. The lowest BCUT2D eigenvalue weighted by Gasteiger charge is -2.15.